The SMILES string of the molecule is CN(C)P(=O)(N(C)C)N(C)C.OO.OO.[O]=[Mo]. The van der Waals surface area contributed by atoms with E-state index in [0.29, 0.717) is 19.8 Å². The maximum atomic E-state index is 12.1. The topological polar surface area (TPSA) is 125 Å². The van der Waals surface area contributed by atoms with Crippen LogP contribution in [0.1, 0.15) is 0 Å². The quantitative estimate of drug-likeness (QED) is 0.249. The number of hydrogen-bond donors (Lipinski definition) is 4. The van der Waals surface area contributed by atoms with Gasteiger partial charge in [0.05, 0.1) is 0 Å². The molecule has 0 atom stereocenters. The van der Waals surface area contributed by atoms with Crippen molar-refractivity contribution in [2.45, 2.75) is 0 Å². The zero-order valence-electron chi connectivity index (χ0n) is 10.8. The summed E-state index contributed by atoms with van der Waals surface area (Å²) in [5.41, 5.74) is 0. The van der Waals surface area contributed by atoms with E-state index in [4.69, 9.17) is 24.4 Å². The Kier molecular flexibility index (Phi) is 25.2. The Bertz CT molecular complexity index is 166. The van der Waals surface area contributed by atoms with Crippen LogP contribution in [0.2, 0.25) is 0 Å². The summed E-state index contributed by atoms with van der Waals surface area (Å²) >= 11 is 0.700. The van der Waals surface area contributed by atoms with Crippen molar-refractivity contribution in [3.63, 3.8) is 0 Å². The summed E-state index contributed by atoms with van der Waals surface area (Å²) in [6.45, 7) is 0. The van der Waals surface area contributed by atoms with Crippen molar-refractivity contribution in [1.82, 2.24) is 14.0 Å². The molecule has 0 aromatic rings. The van der Waals surface area contributed by atoms with Gasteiger partial charge in [-0.2, -0.15) is 0 Å². The Morgan fingerprint density at radius 1 is 0.706 bits per heavy atom. The summed E-state index contributed by atoms with van der Waals surface area (Å²) in [7, 11) is 8.49. The van der Waals surface area contributed by atoms with Gasteiger partial charge in [-0.25, -0.2) is 14.0 Å². The van der Waals surface area contributed by atoms with Crippen molar-refractivity contribution in [1.29, 1.82) is 0 Å². The molecule has 0 unspecified atom stereocenters. The summed E-state index contributed by atoms with van der Waals surface area (Å²) in [5.74, 6) is 0. The van der Waals surface area contributed by atoms with E-state index in [2.05, 4.69) is 0 Å². The molecule has 0 aromatic carbocycles. The molecular weight excluding hydrogens is 337 g/mol. The molecule has 0 amide bonds. The third-order valence-electron chi connectivity index (χ3n) is 1.56. The Morgan fingerprint density at radius 3 is 0.824 bits per heavy atom. The van der Waals surface area contributed by atoms with Gasteiger partial charge >= 0.3 is 23.2 Å². The second-order valence-corrected chi connectivity index (χ2v) is 6.48. The van der Waals surface area contributed by atoms with E-state index < -0.39 is 7.59 Å². The van der Waals surface area contributed by atoms with E-state index in [-0.39, 0.29) is 0 Å². The van der Waals surface area contributed by atoms with Crippen LogP contribution in [-0.2, 0) is 27.7 Å². The van der Waals surface area contributed by atoms with E-state index in [0.717, 1.165) is 0 Å². The van der Waals surface area contributed by atoms with Gasteiger partial charge in [0.15, 0.2) is 0 Å². The van der Waals surface area contributed by atoms with Gasteiger partial charge in [0.2, 0.25) is 0 Å². The Labute approximate surface area is 113 Å². The van der Waals surface area contributed by atoms with Gasteiger partial charge in [0, 0.05) is 0 Å². The molecule has 11 heteroatoms. The number of nitrogens with zero attached hydrogens (tertiary/aromatic N) is 3. The molecule has 0 saturated heterocycles. The summed E-state index contributed by atoms with van der Waals surface area (Å²) in [4.78, 5) is 0. The molecule has 0 radical (unpaired) electrons. The predicted octanol–water partition coefficient (Wildman–Crippen LogP) is 0.693. The van der Waals surface area contributed by atoms with E-state index in [1.165, 1.54) is 0 Å². The Morgan fingerprint density at radius 2 is 0.824 bits per heavy atom. The second kappa shape index (κ2) is 16.4. The maximum absolute atomic E-state index is 12.1. The molecule has 0 fully saturated rings. The van der Waals surface area contributed by atoms with Crippen LogP contribution in [0.3, 0.4) is 0 Å². The molecule has 0 aliphatic carbocycles. The molecular formula is C6H22MoN3O6P. The average Bonchev–Trinajstić information content (AvgIpc) is 2.34. The molecule has 17 heavy (non-hydrogen) atoms. The van der Waals surface area contributed by atoms with Crippen molar-refractivity contribution in [3.8, 4) is 0 Å². The number of rotatable bonds is 3. The zero-order valence-corrected chi connectivity index (χ0v) is 13.7. The third-order valence-corrected chi connectivity index (χ3v) is 4.69. The second-order valence-electron chi connectivity index (χ2n) is 3.05. The minimum atomic E-state index is -2.44. The molecule has 108 valence electrons. The molecule has 9 nitrogen and oxygen atoms in total. The average molecular weight is 359 g/mol. The molecule has 0 heterocycles. The summed E-state index contributed by atoms with van der Waals surface area (Å²) in [6.07, 6.45) is 0. The summed E-state index contributed by atoms with van der Waals surface area (Å²) < 4.78 is 25.6. The zero-order chi connectivity index (χ0) is 15.2. The van der Waals surface area contributed by atoms with Crippen LogP contribution in [-0.4, -0.2) is 77.3 Å². The summed E-state index contributed by atoms with van der Waals surface area (Å²) in [5, 5.41) is 24.0. The van der Waals surface area contributed by atoms with E-state index >= 15 is 0 Å². The Hall–Kier alpha value is 0.438. The summed E-state index contributed by atoms with van der Waals surface area (Å²) in [6, 6.07) is 0. The molecule has 0 rings (SSSR count). The molecule has 0 aliphatic rings. The van der Waals surface area contributed by atoms with Crippen molar-refractivity contribution in [3.05, 3.63) is 0 Å². The minimum absolute atomic E-state index is 0.700. The standard InChI is InChI=1S/C6H18N3OP.Mo.2H2O2.O/c1-7(2)11(10,8(3)4)9(5)6;;2*1-2;/h1-6H3;;2*1-2H;. The van der Waals surface area contributed by atoms with Gasteiger partial charge in [-0.3, -0.25) is 25.6 Å². The van der Waals surface area contributed by atoms with Crippen molar-refractivity contribution >= 4 is 7.59 Å². The molecule has 0 spiro atoms. The molecule has 4 N–H and O–H groups in total. The van der Waals surface area contributed by atoms with Gasteiger partial charge in [-0.15, -0.1) is 0 Å². The van der Waals surface area contributed by atoms with Crippen LogP contribution in [0.5, 0.6) is 0 Å². The van der Waals surface area contributed by atoms with Crippen molar-refractivity contribution in [2.75, 3.05) is 42.3 Å². The van der Waals surface area contributed by atoms with Crippen molar-refractivity contribution in [2.24, 2.45) is 0 Å². The van der Waals surface area contributed by atoms with Gasteiger partial charge in [-0.05, 0) is 42.3 Å². The third kappa shape index (κ3) is 10.1. The van der Waals surface area contributed by atoms with Crippen LogP contribution in [0.15, 0.2) is 0 Å². The normalized spacial score (nSPS) is 9.71. The van der Waals surface area contributed by atoms with Crippen molar-refractivity contribution < 1.29 is 48.8 Å². The van der Waals surface area contributed by atoms with Crippen LogP contribution in [0, 0.1) is 0 Å². The van der Waals surface area contributed by atoms with E-state index in [1.54, 1.807) is 14.0 Å². The van der Waals surface area contributed by atoms with Crippen LogP contribution in [0.25, 0.3) is 0 Å². The van der Waals surface area contributed by atoms with Gasteiger partial charge in [0.25, 0.3) is 7.59 Å². The fraction of sp³-hybridized carbons (Fsp3) is 1.00. The Balaban J connectivity index is -0.000000121. The first kappa shape index (κ1) is 26.1. The molecule has 0 saturated carbocycles. The van der Waals surface area contributed by atoms with Crippen LogP contribution in [0.4, 0.5) is 0 Å². The van der Waals surface area contributed by atoms with Crippen LogP contribution >= 0.6 is 7.59 Å². The first-order valence-corrected chi connectivity index (χ1v) is 6.42. The first-order valence-electron chi connectivity index (χ1n) is 4.03. The van der Waals surface area contributed by atoms with Crippen LogP contribution < -0.4 is 0 Å². The molecule has 0 bridgehead atoms. The molecule has 0 aliphatic heterocycles. The fourth-order valence-corrected chi connectivity index (χ4v) is 3.22. The monoisotopic (exact) mass is 361 g/mol. The van der Waals surface area contributed by atoms with Gasteiger partial charge in [-0.1, -0.05) is 0 Å². The first-order chi connectivity index (χ1) is 7.83. The number of hydrogen-bond acceptors (Lipinski definition) is 6. The molecule has 0 aromatic heterocycles. The van der Waals surface area contributed by atoms with E-state index in [9.17, 15) is 4.57 Å². The fourth-order valence-electron chi connectivity index (χ4n) is 1.07. The van der Waals surface area contributed by atoms with Gasteiger partial charge in [0.1, 0.15) is 0 Å². The van der Waals surface area contributed by atoms with Gasteiger partial charge < -0.3 is 0 Å². The predicted molar refractivity (Wildman–Crippen MR) is 59.9 cm³/mol. The van der Waals surface area contributed by atoms with E-state index in [1.807, 2.05) is 42.3 Å².